The van der Waals surface area contributed by atoms with E-state index in [9.17, 15) is 4.79 Å². The molecule has 3 N–H and O–H groups in total. The summed E-state index contributed by atoms with van der Waals surface area (Å²) in [6, 6.07) is 9.53. The molecule has 1 aromatic heterocycles. The molecule has 0 unspecified atom stereocenters. The van der Waals surface area contributed by atoms with Crippen molar-refractivity contribution in [2.45, 2.75) is 40.3 Å². The molecule has 1 heterocycles. The Labute approximate surface area is 135 Å². The van der Waals surface area contributed by atoms with Crippen LogP contribution < -0.4 is 11.1 Å². The van der Waals surface area contributed by atoms with Crippen molar-refractivity contribution in [2.24, 2.45) is 11.1 Å². The predicted molar refractivity (Wildman–Crippen MR) is 91.6 cm³/mol. The molecule has 5 heteroatoms. The summed E-state index contributed by atoms with van der Waals surface area (Å²) in [6.45, 7) is 8.32. The number of thiazole rings is 1. The fraction of sp³-hybridized carbons (Fsp3) is 0.412. The molecule has 0 aliphatic carbocycles. The second-order valence-electron chi connectivity index (χ2n) is 6.46. The lowest BCUT2D eigenvalue weighted by Gasteiger charge is -2.25. The monoisotopic (exact) mass is 317 g/mol. The Kier molecular flexibility index (Phi) is 4.98. The number of rotatable bonds is 4. The van der Waals surface area contributed by atoms with Crippen molar-refractivity contribution < 1.29 is 4.79 Å². The number of aryl methyl sites for hydroxylation is 1. The number of aromatic nitrogens is 1. The highest BCUT2D eigenvalue weighted by atomic mass is 32.1. The van der Waals surface area contributed by atoms with Crippen molar-refractivity contribution in [2.75, 3.05) is 0 Å². The molecule has 1 atom stereocenters. The van der Waals surface area contributed by atoms with Gasteiger partial charge in [-0.2, -0.15) is 0 Å². The van der Waals surface area contributed by atoms with Crippen molar-refractivity contribution in [1.82, 2.24) is 10.3 Å². The fourth-order valence-corrected chi connectivity index (χ4v) is 2.97. The van der Waals surface area contributed by atoms with Gasteiger partial charge >= 0.3 is 0 Å². The Morgan fingerprint density at radius 2 is 1.95 bits per heavy atom. The minimum absolute atomic E-state index is 0.124. The standard InChI is InChI=1S/C17H23N3OS/c1-11-13(10-19-15(21)14(18)17(2,3)4)22-16(20-11)12-8-6-5-7-9-12/h5-9,14H,10,18H2,1-4H3,(H,19,21)/t14-/m1/s1. The number of carbonyl (C=O) groups is 1. The van der Waals surface area contributed by atoms with Crippen LogP contribution in [0.5, 0.6) is 0 Å². The van der Waals surface area contributed by atoms with Crippen LogP contribution in [0.4, 0.5) is 0 Å². The molecule has 0 aliphatic rings. The summed E-state index contributed by atoms with van der Waals surface area (Å²) in [5.41, 5.74) is 7.77. The third-order valence-electron chi connectivity index (χ3n) is 3.55. The third-order valence-corrected chi connectivity index (χ3v) is 4.76. The second kappa shape index (κ2) is 6.58. The molecule has 118 valence electrons. The zero-order valence-electron chi connectivity index (χ0n) is 13.5. The van der Waals surface area contributed by atoms with Crippen molar-refractivity contribution in [3.8, 4) is 10.6 Å². The van der Waals surface area contributed by atoms with Gasteiger partial charge in [0.05, 0.1) is 18.3 Å². The van der Waals surface area contributed by atoms with Gasteiger partial charge in [0.1, 0.15) is 5.01 Å². The molecule has 2 rings (SSSR count). The Bertz CT molecular complexity index is 644. The molecule has 0 bridgehead atoms. The van der Waals surface area contributed by atoms with E-state index in [-0.39, 0.29) is 11.3 Å². The average Bonchev–Trinajstić information content (AvgIpc) is 2.85. The highest BCUT2D eigenvalue weighted by Gasteiger charge is 2.27. The summed E-state index contributed by atoms with van der Waals surface area (Å²) in [5.74, 6) is -0.124. The van der Waals surface area contributed by atoms with E-state index in [0.717, 1.165) is 21.1 Å². The van der Waals surface area contributed by atoms with E-state index in [4.69, 9.17) is 5.73 Å². The van der Waals surface area contributed by atoms with Gasteiger partial charge in [0.2, 0.25) is 5.91 Å². The second-order valence-corrected chi connectivity index (χ2v) is 7.54. The topological polar surface area (TPSA) is 68.0 Å². The number of hydrogen-bond acceptors (Lipinski definition) is 4. The lowest BCUT2D eigenvalue weighted by molar-refractivity contribution is -0.124. The number of benzene rings is 1. The van der Waals surface area contributed by atoms with E-state index in [1.165, 1.54) is 0 Å². The minimum atomic E-state index is -0.519. The molecule has 0 saturated heterocycles. The van der Waals surface area contributed by atoms with E-state index < -0.39 is 6.04 Å². The first-order valence-corrected chi connectivity index (χ1v) is 8.15. The molecule has 1 aromatic carbocycles. The van der Waals surface area contributed by atoms with E-state index in [0.29, 0.717) is 6.54 Å². The first kappa shape index (κ1) is 16.6. The molecule has 0 saturated carbocycles. The summed E-state index contributed by atoms with van der Waals surface area (Å²) in [7, 11) is 0. The third kappa shape index (κ3) is 3.93. The van der Waals surface area contributed by atoms with Crippen molar-refractivity contribution in [1.29, 1.82) is 0 Å². The van der Waals surface area contributed by atoms with Crippen LogP contribution in [0.3, 0.4) is 0 Å². The molecule has 0 radical (unpaired) electrons. The van der Waals surface area contributed by atoms with E-state index in [1.54, 1.807) is 11.3 Å². The normalized spacial score (nSPS) is 13.0. The number of nitrogens with two attached hydrogens (primary N) is 1. The Morgan fingerprint density at radius 1 is 1.32 bits per heavy atom. The maximum atomic E-state index is 12.1. The number of carbonyl (C=O) groups excluding carboxylic acids is 1. The number of hydrogen-bond donors (Lipinski definition) is 2. The van der Waals surface area contributed by atoms with E-state index >= 15 is 0 Å². The van der Waals surface area contributed by atoms with Crippen LogP contribution >= 0.6 is 11.3 Å². The zero-order valence-corrected chi connectivity index (χ0v) is 14.3. The molecule has 2 aromatic rings. The summed E-state index contributed by atoms with van der Waals surface area (Å²) < 4.78 is 0. The molecular formula is C17H23N3OS. The predicted octanol–water partition coefficient (Wildman–Crippen LogP) is 3.11. The lowest BCUT2D eigenvalue weighted by Crippen LogP contribution is -2.48. The summed E-state index contributed by atoms with van der Waals surface area (Å²) in [4.78, 5) is 17.8. The van der Waals surface area contributed by atoms with Crippen LogP contribution in [0, 0.1) is 12.3 Å². The van der Waals surface area contributed by atoms with Gasteiger partial charge in [0, 0.05) is 10.4 Å². The first-order valence-electron chi connectivity index (χ1n) is 7.34. The Hall–Kier alpha value is -1.72. The van der Waals surface area contributed by atoms with Crippen molar-refractivity contribution in [3.63, 3.8) is 0 Å². The molecule has 0 aliphatic heterocycles. The maximum absolute atomic E-state index is 12.1. The van der Waals surface area contributed by atoms with Crippen LogP contribution in [0.25, 0.3) is 10.6 Å². The molecule has 4 nitrogen and oxygen atoms in total. The number of amides is 1. The van der Waals surface area contributed by atoms with Crippen LogP contribution in [-0.4, -0.2) is 16.9 Å². The van der Waals surface area contributed by atoms with Crippen LogP contribution in [-0.2, 0) is 11.3 Å². The molecule has 1 amide bonds. The quantitative estimate of drug-likeness (QED) is 0.910. The van der Waals surface area contributed by atoms with Gasteiger partial charge in [-0.15, -0.1) is 11.3 Å². The number of nitrogens with one attached hydrogen (secondary N) is 1. The van der Waals surface area contributed by atoms with Crippen molar-refractivity contribution >= 4 is 17.2 Å². The summed E-state index contributed by atoms with van der Waals surface area (Å²) in [5, 5.41) is 3.89. The van der Waals surface area contributed by atoms with Crippen LogP contribution in [0.1, 0.15) is 31.3 Å². The van der Waals surface area contributed by atoms with E-state index in [1.807, 2.05) is 58.0 Å². The minimum Gasteiger partial charge on any atom is -0.350 e. The van der Waals surface area contributed by atoms with Gasteiger partial charge < -0.3 is 11.1 Å². The van der Waals surface area contributed by atoms with Gasteiger partial charge in [0.15, 0.2) is 0 Å². The Balaban J connectivity index is 2.06. The molecular weight excluding hydrogens is 294 g/mol. The lowest BCUT2D eigenvalue weighted by atomic mass is 9.87. The van der Waals surface area contributed by atoms with Gasteiger partial charge in [0.25, 0.3) is 0 Å². The molecule has 0 spiro atoms. The van der Waals surface area contributed by atoms with Crippen molar-refractivity contribution in [3.05, 3.63) is 40.9 Å². The smallest absolute Gasteiger partial charge is 0.237 e. The Morgan fingerprint density at radius 3 is 2.55 bits per heavy atom. The molecule has 0 fully saturated rings. The van der Waals surface area contributed by atoms with Gasteiger partial charge in [-0.3, -0.25) is 4.79 Å². The van der Waals surface area contributed by atoms with Crippen LogP contribution in [0.15, 0.2) is 30.3 Å². The summed E-state index contributed by atoms with van der Waals surface area (Å²) >= 11 is 1.61. The zero-order chi connectivity index (χ0) is 16.3. The average molecular weight is 317 g/mol. The highest BCUT2D eigenvalue weighted by Crippen LogP contribution is 2.27. The largest absolute Gasteiger partial charge is 0.350 e. The number of nitrogens with zero attached hydrogens (tertiary/aromatic N) is 1. The molecule has 22 heavy (non-hydrogen) atoms. The maximum Gasteiger partial charge on any atom is 0.237 e. The fourth-order valence-electron chi connectivity index (χ4n) is 1.97. The van der Waals surface area contributed by atoms with Gasteiger partial charge in [-0.1, -0.05) is 51.1 Å². The van der Waals surface area contributed by atoms with Gasteiger partial charge in [-0.05, 0) is 12.3 Å². The van der Waals surface area contributed by atoms with E-state index in [2.05, 4.69) is 10.3 Å². The van der Waals surface area contributed by atoms with Crippen LogP contribution in [0.2, 0.25) is 0 Å². The SMILES string of the molecule is Cc1nc(-c2ccccc2)sc1CNC(=O)[C@@H](N)C(C)(C)C. The first-order chi connectivity index (χ1) is 10.3. The summed E-state index contributed by atoms with van der Waals surface area (Å²) in [6.07, 6.45) is 0. The van der Waals surface area contributed by atoms with Gasteiger partial charge in [-0.25, -0.2) is 4.98 Å². The highest BCUT2D eigenvalue weighted by molar-refractivity contribution is 7.15.